The van der Waals surface area contributed by atoms with Crippen molar-refractivity contribution in [2.45, 2.75) is 51.0 Å². The van der Waals surface area contributed by atoms with Gasteiger partial charge in [0.05, 0.1) is 10.8 Å². The molecule has 146 valence electrons. The highest BCUT2D eigenvalue weighted by atomic mass is 32.2. The fourth-order valence-electron chi connectivity index (χ4n) is 2.95. The molecule has 5 nitrogen and oxygen atoms in total. The van der Waals surface area contributed by atoms with Crippen molar-refractivity contribution >= 4 is 21.6 Å². The van der Waals surface area contributed by atoms with Crippen LogP contribution in [0.5, 0.6) is 0 Å². The molecule has 1 amide bonds. The molecular formula is C21H28N2O3S. The van der Waals surface area contributed by atoms with Crippen molar-refractivity contribution in [3.63, 3.8) is 0 Å². The van der Waals surface area contributed by atoms with E-state index in [0.29, 0.717) is 5.69 Å². The highest BCUT2D eigenvalue weighted by Crippen LogP contribution is 2.28. The SMILES string of the molecule is CCC(C)C(C(=O)Nc1ccc(S(=O)(=O)NC(C)C)cc1)c1ccccc1. The maximum atomic E-state index is 12.9. The molecule has 27 heavy (non-hydrogen) atoms. The van der Waals surface area contributed by atoms with E-state index in [1.807, 2.05) is 30.3 Å². The molecular weight excluding hydrogens is 360 g/mol. The van der Waals surface area contributed by atoms with Gasteiger partial charge in [0.15, 0.2) is 0 Å². The molecule has 0 fully saturated rings. The molecule has 0 aliphatic rings. The molecule has 0 aromatic heterocycles. The highest BCUT2D eigenvalue weighted by molar-refractivity contribution is 7.89. The average Bonchev–Trinajstić information content (AvgIpc) is 2.62. The number of anilines is 1. The van der Waals surface area contributed by atoms with Gasteiger partial charge in [0, 0.05) is 11.7 Å². The van der Waals surface area contributed by atoms with Crippen molar-refractivity contribution in [1.29, 1.82) is 0 Å². The monoisotopic (exact) mass is 388 g/mol. The third-order valence-corrected chi connectivity index (χ3v) is 6.15. The average molecular weight is 389 g/mol. The van der Waals surface area contributed by atoms with Crippen LogP contribution in [0.25, 0.3) is 0 Å². The van der Waals surface area contributed by atoms with E-state index in [9.17, 15) is 13.2 Å². The topological polar surface area (TPSA) is 75.3 Å². The van der Waals surface area contributed by atoms with Crippen LogP contribution in [0.2, 0.25) is 0 Å². The van der Waals surface area contributed by atoms with Crippen LogP contribution in [0.3, 0.4) is 0 Å². The Morgan fingerprint density at radius 2 is 1.56 bits per heavy atom. The van der Waals surface area contributed by atoms with Gasteiger partial charge in [0.1, 0.15) is 0 Å². The van der Waals surface area contributed by atoms with Gasteiger partial charge in [-0.25, -0.2) is 13.1 Å². The molecule has 2 rings (SSSR count). The molecule has 0 saturated carbocycles. The number of nitrogens with one attached hydrogen (secondary N) is 2. The quantitative estimate of drug-likeness (QED) is 0.713. The van der Waals surface area contributed by atoms with Crippen LogP contribution in [0.1, 0.15) is 45.6 Å². The first kappa shape index (κ1) is 21.1. The van der Waals surface area contributed by atoms with E-state index in [0.717, 1.165) is 12.0 Å². The molecule has 2 unspecified atom stereocenters. The van der Waals surface area contributed by atoms with Gasteiger partial charge in [-0.15, -0.1) is 0 Å². The largest absolute Gasteiger partial charge is 0.326 e. The second-order valence-corrected chi connectivity index (χ2v) is 8.78. The first-order chi connectivity index (χ1) is 12.7. The minimum absolute atomic E-state index is 0.0912. The Labute approximate surface area is 162 Å². The molecule has 0 radical (unpaired) electrons. The molecule has 2 aromatic rings. The fourth-order valence-corrected chi connectivity index (χ4v) is 4.20. The molecule has 2 N–H and O–H groups in total. The second-order valence-electron chi connectivity index (χ2n) is 7.06. The Morgan fingerprint density at radius 1 is 0.963 bits per heavy atom. The second kappa shape index (κ2) is 9.15. The molecule has 0 aliphatic heterocycles. The zero-order valence-electron chi connectivity index (χ0n) is 16.3. The lowest BCUT2D eigenvalue weighted by Crippen LogP contribution is -2.30. The van der Waals surface area contributed by atoms with E-state index in [1.54, 1.807) is 26.0 Å². The lowest BCUT2D eigenvalue weighted by atomic mass is 9.85. The summed E-state index contributed by atoms with van der Waals surface area (Å²) in [6.07, 6.45) is 0.880. The van der Waals surface area contributed by atoms with Crippen molar-refractivity contribution in [2.24, 2.45) is 5.92 Å². The van der Waals surface area contributed by atoms with Gasteiger partial charge in [-0.2, -0.15) is 0 Å². The van der Waals surface area contributed by atoms with Crippen LogP contribution in [0.4, 0.5) is 5.69 Å². The smallest absolute Gasteiger partial charge is 0.240 e. The Hall–Kier alpha value is -2.18. The van der Waals surface area contributed by atoms with Crippen molar-refractivity contribution in [3.8, 4) is 0 Å². The van der Waals surface area contributed by atoms with Crippen molar-refractivity contribution < 1.29 is 13.2 Å². The maximum absolute atomic E-state index is 12.9. The van der Waals surface area contributed by atoms with E-state index < -0.39 is 10.0 Å². The third kappa shape index (κ3) is 5.65. The molecule has 0 bridgehead atoms. The van der Waals surface area contributed by atoms with Gasteiger partial charge < -0.3 is 5.32 Å². The fraction of sp³-hybridized carbons (Fsp3) is 0.381. The summed E-state index contributed by atoms with van der Waals surface area (Å²) < 4.78 is 26.9. The standard InChI is InChI=1S/C21H28N2O3S/c1-5-16(4)20(17-9-7-6-8-10-17)21(24)22-18-11-13-19(14-12-18)27(25,26)23-15(2)3/h6-16,20,23H,5H2,1-4H3,(H,22,24). The molecule has 6 heteroatoms. The summed E-state index contributed by atoms with van der Waals surface area (Å²) in [6, 6.07) is 15.8. The Balaban J connectivity index is 2.18. The molecule has 0 aliphatic carbocycles. The number of hydrogen-bond donors (Lipinski definition) is 2. The maximum Gasteiger partial charge on any atom is 0.240 e. The van der Waals surface area contributed by atoms with E-state index in [2.05, 4.69) is 23.9 Å². The van der Waals surface area contributed by atoms with Crippen molar-refractivity contribution in [2.75, 3.05) is 5.32 Å². The van der Waals surface area contributed by atoms with Crippen molar-refractivity contribution in [1.82, 2.24) is 4.72 Å². The predicted octanol–water partition coefficient (Wildman–Crippen LogP) is 4.14. The zero-order valence-corrected chi connectivity index (χ0v) is 17.1. The zero-order chi connectivity index (χ0) is 20.0. The Morgan fingerprint density at radius 3 is 2.07 bits per heavy atom. The van der Waals surface area contributed by atoms with E-state index in [1.165, 1.54) is 12.1 Å². The number of rotatable bonds is 8. The summed E-state index contributed by atoms with van der Waals surface area (Å²) >= 11 is 0. The molecule has 2 atom stereocenters. The molecule has 2 aromatic carbocycles. The number of sulfonamides is 1. The van der Waals surface area contributed by atoms with Gasteiger partial charge in [-0.3, -0.25) is 4.79 Å². The first-order valence-electron chi connectivity index (χ1n) is 9.22. The van der Waals surface area contributed by atoms with E-state index in [-0.39, 0.29) is 28.7 Å². The van der Waals surface area contributed by atoms with Gasteiger partial charge >= 0.3 is 0 Å². The van der Waals surface area contributed by atoms with E-state index in [4.69, 9.17) is 0 Å². The minimum Gasteiger partial charge on any atom is -0.326 e. The van der Waals surface area contributed by atoms with Crippen LogP contribution < -0.4 is 10.0 Å². The van der Waals surface area contributed by atoms with Gasteiger partial charge in [0.2, 0.25) is 15.9 Å². The van der Waals surface area contributed by atoms with E-state index >= 15 is 0 Å². The third-order valence-electron chi connectivity index (χ3n) is 4.48. The molecule has 0 saturated heterocycles. The van der Waals surface area contributed by atoms with Gasteiger partial charge in [0.25, 0.3) is 0 Å². The number of benzene rings is 2. The van der Waals surface area contributed by atoms with Crippen LogP contribution >= 0.6 is 0 Å². The minimum atomic E-state index is -3.54. The Bertz CT molecular complexity index is 847. The van der Waals surface area contributed by atoms with Gasteiger partial charge in [-0.05, 0) is 49.6 Å². The highest BCUT2D eigenvalue weighted by Gasteiger charge is 2.26. The molecule has 0 heterocycles. The predicted molar refractivity (Wildman–Crippen MR) is 109 cm³/mol. The van der Waals surface area contributed by atoms with Crippen LogP contribution in [-0.4, -0.2) is 20.4 Å². The summed E-state index contributed by atoms with van der Waals surface area (Å²) in [7, 11) is -3.54. The summed E-state index contributed by atoms with van der Waals surface area (Å²) in [5.74, 6) is -0.170. The normalized spacial score (nSPS) is 14.0. The number of amides is 1. The van der Waals surface area contributed by atoms with Crippen molar-refractivity contribution in [3.05, 3.63) is 60.2 Å². The number of carbonyl (C=O) groups is 1. The first-order valence-corrected chi connectivity index (χ1v) is 10.7. The van der Waals surface area contributed by atoms with Gasteiger partial charge in [-0.1, -0.05) is 50.6 Å². The summed E-state index contributed by atoms with van der Waals surface area (Å²) in [5.41, 5.74) is 1.55. The summed E-state index contributed by atoms with van der Waals surface area (Å²) in [4.78, 5) is 13.1. The lowest BCUT2D eigenvalue weighted by Gasteiger charge is -2.23. The lowest BCUT2D eigenvalue weighted by molar-refractivity contribution is -0.118. The summed E-state index contributed by atoms with van der Waals surface area (Å²) in [5, 5.41) is 2.92. The molecule has 0 spiro atoms. The Kier molecular flexibility index (Phi) is 7.16. The van der Waals surface area contributed by atoms with Crippen LogP contribution in [0, 0.1) is 5.92 Å². The number of carbonyl (C=O) groups excluding carboxylic acids is 1. The van der Waals surface area contributed by atoms with Crippen LogP contribution in [-0.2, 0) is 14.8 Å². The number of hydrogen-bond acceptors (Lipinski definition) is 3. The van der Waals surface area contributed by atoms with Crippen LogP contribution in [0.15, 0.2) is 59.5 Å². The summed E-state index contributed by atoms with van der Waals surface area (Å²) in [6.45, 7) is 7.66.